The summed E-state index contributed by atoms with van der Waals surface area (Å²) >= 11 is 0. The molecule has 2 heterocycles. The molecule has 0 atom stereocenters. The largest absolute Gasteiger partial charge is 0.384 e. The molecule has 0 amide bonds. The van der Waals surface area contributed by atoms with E-state index < -0.39 is 0 Å². The second-order valence-corrected chi connectivity index (χ2v) is 5.32. The molecule has 0 saturated heterocycles. The van der Waals surface area contributed by atoms with Crippen LogP contribution in [0, 0.1) is 13.8 Å². The normalized spacial score (nSPS) is 11.1. The first kappa shape index (κ1) is 14.3. The Morgan fingerprint density at radius 2 is 2.00 bits per heavy atom. The zero-order valence-electron chi connectivity index (χ0n) is 12.7. The van der Waals surface area contributed by atoms with Crippen molar-refractivity contribution >= 4 is 11.6 Å². The number of nitrogens with one attached hydrogen (secondary N) is 1. The lowest BCUT2D eigenvalue weighted by Gasteiger charge is -2.10. The second-order valence-electron chi connectivity index (χ2n) is 5.32. The van der Waals surface area contributed by atoms with Crippen molar-refractivity contribution in [2.45, 2.75) is 40.2 Å². The van der Waals surface area contributed by atoms with Crippen LogP contribution in [-0.4, -0.2) is 19.7 Å². The monoisotopic (exact) mass is 274 g/mol. The van der Waals surface area contributed by atoms with E-state index in [1.54, 1.807) is 6.07 Å². The van der Waals surface area contributed by atoms with Gasteiger partial charge in [0, 0.05) is 36.8 Å². The Morgan fingerprint density at radius 3 is 2.55 bits per heavy atom. The SMILES string of the molecule is Cc1nn(C)c(C)c1CNc1cc(N)nc(C(C)C)n1. The van der Waals surface area contributed by atoms with Gasteiger partial charge in [0.05, 0.1) is 5.69 Å². The fraction of sp³-hybridized carbons (Fsp3) is 0.500. The molecule has 20 heavy (non-hydrogen) atoms. The van der Waals surface area contributed by atoms with Crippen LogP contribution in [0.1, 0.15) is 42.5 Å². The van der Waals surface area contributed by atoms with Crippen molar-refractivity contribution in [3.05, 3.63) is 28.8 Å². The minimum Gasteiger partial charge on any atom is -0.384 e. The smallest absolute Gasteiger partial charge is 0.135 e. The van der Waals surface area contributed by atoms with Crippen molar-refractivity contribution < 1.29 is 0 Å². The quantitative estimate of drug-likeness (QED) is 0.892. The van der Waals surface area contributed by atoms with Crippen LogP contribution in [-0.2, 0) is 13.6 Å². The van der Waals surface area contributed by atoms with Gasteiger partial charge in [-0.2, -0.15) is 5.10 Å². The lowest BCUT2D eigenvalue weighted by molar-refractivity contribution is 0.730. The van der Waals surface area contributed by atoms with Crippen LogP contribution in [0.3, 0.4) is 0 Å². The van der Waals surface area contributed by atoms with Gasteiger partial charge in [0.2, 0.25) is 0 Å². The first-order chi connectivity index (χ1) is 9.38. The summed E-state index contributed by atoms with van der Waals surface area (Å²) in [6, 6.07) is 1.76. The second kappa shape index (κ2) is 5.48. The summed E-state index contributed by atoms with van der Waals surface area (Å²) in [6.07, 6.45) is 0. The number of rotatable bonds is 4. The zero-order chi connectivity index (χ0) is 14.9. The summed E-state index contributed by atoms with van der Waals surface area (Å²) in [5.74, 6) is 2.25. The fourth-order valence-corrected chi connectivity index (χ4v) is 2.09. The third-order valence-electron chi connectivity index (χ3n) is 3.38. The number of aromatic nitrogens is 4. The summed E-state index contributed by atoms with van der Waals surface area (Å²) in [5, 5.41) is 7.71. The van der Waals surface area contributed by atoms with Gasteiger partial charge in [-0.15, -0.1) is 0 Å². The van der Waals surface area contributed by atoms with Crippen LogP contribution in [0.15, 0.2) is 6.07 Å². The number of anilines is 2. The maximum atomic E-state index is 5.82. The van der Waals surface area contributed by atoms with Gasteiger partial charge in [0.1, 0.15) is 17.5 Å². The molecule has 0 aliphatic heterocycles. The minimum absolute atomic E-state index is 0.251. The highest BCUT2D eigenvalue weighted by Gasteiger charge is 2.10. The third kappa shape index (κ3) is 2.89. The number of hydrogen-bond donors (Lipinski definition) is 2. The van der Waals surface area contributed by atoms with Gasteiger partial charge in [-0.1, -0.05) is 13.8 Å². The van der Waals surface area contributed by atoms with Crippen molar-refractivity contribution in [2.75, 3.05) is 11.1 Å². The molecule has 6 heteroatoms. The van der Waals surface area contributed by atoms with Crippen molar-refractivity contribution in [3.8, 4) is 0 Å². The first-order valence-corrected chi connectivity index (χ1v) is 6.76. The highest BCUT2D eigenvalue weighted by molar-refractivity contribution is 5.45. The summed E-state index contributed by atoms with van der Waals surface area (Å²) in [7, 11) is 1.95. The minimum atomic E-state index is 0.251. The molecule has 0 unspecified atom stereocenters. The van der Waals surface area contributed by atoms with E-state index in [9.17, 15) is 0 Å². The highest BCUT2D eigenvalue weighted by Crippen LogP contribution is 2.17. The molecular formula is C14H22N6. The Kier molecular flexibility index (Phi) is 3.92. The van der Waals surface area contributed by atoms with E-state index in [-0.39, 0.29) is 5.92 Å². The van der Waals surface area contributed by atoms with Crippen LogP contribution in [0.4, 0.5) is 11.6 Å². The van der Waals surface area contributed by atoms with E-state index in [0.717, 1.165) is 23.0 Å². The van der Waals surface area contributed by atoms with E-state index >= 15 is 0 Å². The van der Waals surface area contributed by atoms with Crippen LogP contribution in [0.25, 0.3) is 0 Å². The fourth-order valence-electron chi connectivity index (χ4n) is 2.09. The van der Waals surface area contributed by atoms with Crippen molar-refractivity contribution in [2.24, 2.45) is 7.05 Å². The van der Waals surface area contributed by atoms with E-state index in [1.165, 1.54) is 5.56 Å². The summed E-state index contributed by atoms with van der Waals surface area (Å²) < 4.78 is 1.89. The Bertz CT molecular complexity index is 614. The van der Waals surface area contributed by atoms with Gasteiger partial charge < -0.3 is 11.1 Å². The molecule has 2 aromatic rings. The van der Waals surface area contributed by atoms with Crippen LogP contribution in [0.2, 0.25) is 0 Å². The Balaban J connectivity index is 2.18. The van der Waals surface area contributed by atoms with Gasteiger partial charge in [-0.3, -0.25) is 4.68 Å². The molecule has 2 rings (SSSR count). The molecular weight excluding hydrogens is 252 g/mol. The van der Waals surface area contributed by atoms with Crippen molar-refractivity contribution in [1.29, 1.82) is 0 Å². The molecule has 0 saturated carbocycles. The molecule has 3 N–H and O–H groups in total. The molecule has 0 aliphatic carbocycles. The Hall–Kier alpha value is -2.11. The molecule has 0 spiro atoms. The molecule has 0 bridgehead atoms. The van der Waals surface area contributed by atoms with Crippen molar-refractivity contribution in [1.82, 2.24) is 19.7 Å². The molecule has 2 aromatic heterocycles. The molecule has 108 valence electrons. The van der Waals surface area contributed by atoms with E-state index in [1.807, 2.05) is 32.5 Å². The van der Waals surface area contributed by atoms with Crippen LogP contribution >= 0.6 is 0 Å². The highest BCUT2D eigenvalue weighted by atomic mass is 15.3. The van der Waals surface area contributed by atoms with Gasteiger partial charge >= 0.3 is 0 Å². The van der Waals surface area contributed by atoms with Gasteiger partial charge in [0.25, 0.3) is 0 Å². The first-order valence-electron chi connectivity index (χ1n) is 6.76. The van der Waals surface area contributed by atoms with Crippen LogP contribution < -0.4 is 11.1 Å². The molecule has 0 radical (unpaired) electrons. The average Bonchev–Trinajstić information content (AvgIpc) is 2.60. The third-order valence-corrected chi connectivity index (χ3v) is 3.38. The topological polar surface area (TPSA) is 81.7 Å². The summed E-state index contributed by atoms with van der Waals surface area (Å²) in [6.45, 7) is 8.85. The maximum absolute atomic E-state index is 5.82. The standard InChI is InChI=1S/C14H22N6/c1-8(2)14-17-12(15)6-13(18-14)16-7-11-9(3)19-20(5)10(11)4/h6,8H,7H2,1-5H3,(H3,15,16,17,18). The molecule has 0 fully saturated rings. The Labute approximate surface area is 119 Å². The van der Waals surface area contributed by atoms with E-state index in [0.29, 0.717) is 12.4 Å². The summed E-state index contributed by atoms with van der Waals surface area (Å²) in [5.41, 5.74) is 9.20. The van der Waals surface area contributed by atoms with Gasteiger partial charge in [-0.25, -0.2) is 9.97 Å². The number of nitrogen functional groups attached to an aromatic ring is 1. The van der Waals surface area contributed by atoms with E-state index in [4.69, 9.17) is 5.73 Å². The zero-order valence-corrected chi connectivity index (χ0v) is 12.7. The number of hydrogen-bond acceptors (Lipinski definition) is 5. The van der Waals surface area contributed by atoms with Gasteiger partial charge in [0.15, 0.2) is 0 Å². The lowest BCUT2D eigenvalue weighted by atomic mass is 10.2. The predicted octanol–water partition coefficient (Wildman–Crippen LogP) is 2.14. The van der Waals surface area contributed by atoms with E-state index in [2.05, 4.69) is 27.3 Å². The molecule has 6 nitrogen and oxygen atoms in total. The lowest BCUT2D eigenvalue weighted by Crippen LogP contribution is -2.08. The summed E-state index contributed by atoms with van der Waals surface area (Å²) in [4.78, 5) is 8.72. The molecule has 0 aromatic carbocycles. The van der Waals surface area contributed by atoms with Crippen LogP contribution in [0.5, 0.6) is 0 Å². The predicted molar refractivity (Wildman–Crippen MR) is 80.5 cm³/mol. The number of nitrogens with two attached hydrogens (primary N) is 1. The number of nitrogens with zero attached hydrogens (tertiary/aromatic N) is 4. The van der Waals surface area contributed by atoms with Crippen molar-refractivity contribution in [3.63, 3.8) is 0 Å². The Morgan fingerprint density at radius 1 is 1.30 bits per heavy atom. The number of aryl methyl sites for hydroxylation is 2. The average molecular weight is 274 g/mol. The maximum Gasteiger partial charge on any atom is 0.135 e. The molecule has 0 aliphatic rings. The van der Waals surface area contributed by atoms with Gasteiger partial charge in [-0.05, 0) is 13.8 Å².